The fraction of sp³-hybridized carbons (Fsp3) is 0.0667. The van der Waals surface area contributed by atoms with Crippen LogP contribution in [-0.2, 0) is 4.79 Å². The van der Waals surface area contributed by atoms with Crippen LogP contribution in [0.4, 0.5) is 5.69 Å². The average Bonchev–Trinajstić information content (AvgIpc) is 2.46. The van der Waals surface area contributed by atoms with Crippen LogP contribution in [0.15, 0.2) is 59.5 Å². The van der Waals surface area contributed by atoms with Crippen LogP contribution in [0.5, 0.6) is 0 Å². The van der Waals surface area contributed by atoms with Gasteiger partial charge in [-0.15, -0.1) is 11.8 Å². The number of hydrogen-bond acceptors (Lipinski definition) is 3. The number of carbonyl (C=O) groups excluding carboxylic acids is 2. The molecule has 2 aromatic carbocycles. The molecule has 5 heteroatoms. The van der Waals surface area contributed by atoms with Gasteiger partial charge >= 0.3 is 0 Å². The predicted molar refractivity (Wildman–Crippen MR) is 80.8 cm³/mol. The Balaban J connectivity index is 2.15. The number of benzene rings is 2. The summed E-state index contributed by atoms with van der Waals surface area (Å²) >= 11 is 1.26. The average molecular weight is 286 g/mol. The van der Waals surface area contributed by atoms with Gasteiger partial charge in [0, 0.05) is 10.6 Å². The highest BCUT2D eigenvalue weighted by molar-refractivity contribution is 8.00. The van der Waals surface area contributed by atoms with E-state index in [9.17, 15) is 9.59 Å². The van der Waals surface area contributed by atoms with Gasteiger partial charge in [-0.2, -0.15) is 0 Å². The Labute approximate surface area is 121 Å². The van der Waals surface area contributed by atoms with E-state index in [1.807, 2.05) is 36.4 Å². The molecule has 2 rings (SSSR count). The Morgan fingerprint density at radius 1 is 1.00 bits per heavy atom. The standard InChI is InChI=1S/C15H14N2O2S/c16-14(18)10-20-13-9-5-4-8-12(13)15(19)17-11-6-2-1-3-7-11/h1-9H,10H2,(H2,16,18)(H,17,19). The van der Waals surface area contributed by atoms with Crippen molar-refractivity contribution in [1.29, 1.82) is 0 Å². The van der Waals surface area contributed by atoms with Crippen molar-refractivity contribution in [3.8, 4) is 0 Å². The highest BCUT2D eigenvalue weighted by Crippen LogP contribution is 2.23. The minimum atomic E-state index is -0.409. The smallest absolute Gasteiger partial charge is 0.256 e. The highest BCUT2D eigenvalue weighted by atomic mass is 32.2. The van der Waals surface area contributed by atoms with Crippen molar-refractivity contribution in [2.45, 2.75) is 4.90 Å². The van der Waals surface area contributed by atoms with Gasteiger partial charge in [-0.1, -0.05) is 30.3 Å². The SMILES string of the molecule is NC(=O)CSc1ccccc1C(=O)Nc1ccccc1. The molecule has 0 spiro atoms. The summed E-state index contributed by atoms with van der Waals surface area (Å²) in [7, 11) is 0. The molecule has 0 aromatic heterocycles. The zero-order valence-corrected chi connectivity index (χ0v) is 11.5. The van der Waals surface area contributed by atoms with Crippen molar-refractivity contribution in [3.05, 3.63) is 60.2 Å². The van der Waals surface area contributed by atoms with E-state index >= 15 is 0 Å². The fourth-order valence-corrected chi connectivity index (χ4v) is 2.44. The number of para-hydroxylation sites is 1. The zero-order chi connectivity index (χ0) is 14.4. The van der Waals surface area contributed by atoms with Gasteiger partial charge in [0.2, 0.25) is 5.91 Å². The van der Waals surface area contributed by atoms with E-state index in [1.54, 1.807) is 18.2 Å². The molecular weight excluding hydrogens is 272 g/mol. The third-order valence-corrected chi connectivity index (χ3v) is 3.63. The second kappa shape index (κ2) is 6.77. The zero-order valence-electron chi connectivity index (χ0n) is 10.7. The Morgan fingerprint density at radius 2 is 1.65 bits per heavy atom. The summed E-state index contributed by atoms with van der Waals surface area (Å²) in [5, 5.41) is 2.82. The summed E-state index contributed by atoms with van der Waals surface area (Å²) in [6.45, 7) is 0. The number of primary amides is 1. The topological polar surface area (TPSA) is 72.2 Å². The molecule has 0 aliphatic rings. The largest absolute Gasteiger partial charge is 0.369 e. The number of nitrogens with one attached hydrogen (secondary N) is 1. The molecular formula is C15H14N2O2S. The first-order valence-electron chi connectivity index (χ1n) is 6.03. The van der Waals surface area contributed by atoms with E-state index in [2.05, 4.69) is 5.32 Å². The molecule has 0 saturated carbocycles. The maximum absolute atomic E-state index is 12.2. The van der Waals surface area contributed by atoms with Crippen LogP contribution < -0.4 is 11.1 Å². The molecule has 0 aliphatic heterocycles. The molecule has 0 unspecified atom stereocenters. The normalized spacial score (nSPS) is 10.0. The Bertz CT molecular complexity index is 614. The van der Waals surface area contributed by atoms with Gasteiger partial charge in [0.1, 0.15) is 0 Å². The van der Waals surface area contributed by atoms with E-state index in [0.717, 1.165) is 10.6 Å². The molecule has 2 amide bonds. The minimum Gasteiger partial charge on any atom is -0.369 e. The van der Waals surface area contributed by atoms with E-state index in [0.29, 0.717) is 5.56 Å². The first-order chi connectivity index (χ1) is 9.66. The Hall–Kier alpha value is -2.27. The second-order valence-electron chi connectivity index (χ2n) is 4.07. The van der Waals surface area contributed by atoms with Crippen molar-refractivity contribution in [3.63, 3.8) is 0 Å². The van der Waals surface area contributed by atoms with Gasteiger partial charge in [-0.3, -0.25) is 9.59 Å². The molecule has 20 heavy (non-hydrogen) atoms. The van der Waals surface area contributed by atoms with Gasteiger partial charge < -0.3 is 11.1 Å². The Morgan fingerprint density at radius 3 is 2.35 bits per heavy atom. The molecule has 0 fully saturated rings. The van der Waals surface area contributed by atoms with Gasteiger partial charge in [0.15, 0.2) is 0 Å². The number of anilines is 1. The van der Waals surface area contributed by atoms with Crippen LogP contribution in [0.2, 0.25) is 0 Å². The number of amides is 2. The number of hydrogen-bond donors (Lipinski definition) is 2. The third kappa shape index (κ3) is 3.86. The minimum absolute atomic E-state index is 0.148. The molecule has 0 atom stereocenters. The molecule has 3 N–H and O–H groups in total. The predicted octanol–water partition coefficient (Wildman–Crippen LogP) is 2.52. The summed E-state index contributed by atoms with van der Waals surface area (Å²) < 4.78 is 0. The van der Waals surface area contributed by atoms with Crippen molar-refractivity contribution < 1.29 is 9.59 Å². The summed E-state index contributed by atoms with van der Waals surface area (Å²) in [4.78, 5) is 23.8. The van der Waals surface area contributed by atoms with Gasteiger partial charge in [-0.05, 0) is 24.3 Å². The van der Waals surface area contributed by atoms with Crippen LogP contribution in [0.3, 0.4) is 0 Å². The van der Waals surface area contributed by atoms with E-state index in [1.165, 1.54) is 11.8 Å². The first-order valence-corrected chi connectivity index (χ1v) is 7.02. The van der Waals surface area contributed by atoms with Gasteiger partial charge in [0.25, 0.3) is 5.91 Å². The van der Waals surface area contributed by atoms with Crippen LogP contribution in [0, 0.1) is 0 Å². The summed E-state index contributed by atoms with van der Waals surface area (Å²) in [6.07, 6.45) is 0. The van der Waals surface area contributed by atoms with Crippen molar-refractivity contribution in [2.24, 2.45) is 5.73 Å². The molecule has 0 saturated heterocycles. The molecule has 0 aliphatic carbocycles. The highest BCUT2D eigenvalue weighted by Gasteiger charge is 2.12. The first kappa shape index (κ1) is 14.1. The maximum Gasteiger partial charge on any atom is 0.256 e. The lowest BCUT2D eigenvalue weighted by molar-refractivity contribution is -0.115. The lowest BCUT2D eigenvalue weighted by Gasteiger charge is -2.09. The van der Waals surface area contributed by atoms with Gasteiger partial charge in [0.05, 0.1) is 11.3 Å². The van der Waals surface area contributed by atoms with Crippen LogP contribution >= 0.6 is 11.8 Å². The monoisotopic (exact) mass is 286 g/mol. The van der Waals surface area contributed by atoms with Crippen molar-refractivity contribution in [1.82, 2.24) is 0 Å². The number of rotatable bonds is 5. The van der Waals surface area contributed by atoms with Crippen LogP contribution in [0.1, 0.15) is 10.4 Å². The van der Waals surface area contributed by atoms with E-state index in [-0.39, 0.29) is 11.7 Å². The van der Waals surface area contributed by atoms with Gasteiger partial charge in [-0.25, -0.2) is 0 Å². The molecule has 0 bridgehead atoms. The third-order valence-electron chi connectivity index (χ3n) is 2.53. The lowest BCUT2D eigenvalue weighted by atomic mass is 10.2. The maximum atomic E-state index is 12.2. The number of thioether (sulfide) groups is 1. The fourth-order valence-electron chi connectivity index (χ4n) is 1.65. The van der Waals surface area contributed by atoms with Crippen molar-refractivity contribution >= 4 is 29.3 Å². The van der Waals surface area contributed by atoms with Crippen molar-refractivity contribution in [2.75, 3.05) is 11.1 Å². The number of nitrogens with two attached hydrogens (primary N) is 1. The molecule has 4 nitrogen and oxygen atoms in total. The molecule has 0 radical (unpaired) electrons. The van der Waals surface area contributed by atoms with E-state index < -0.39 is 5.91 Å². The molecule has 0 heterocycles. The van der Waals surface area contributed by atoms with E-state index in [4.69, 9.17) is 5.73 Å². The summed E-state index contributed by atoms with van der Waals surface area (Å²) in [6, 6.07) is 16.3. The van der Waals surface area contributed by atoms with Crippen LogP contribution in [-0.4, -0.2) is 17.6 Å². The number of carbonyl (C=O) groups is 2. The summed E-state index contributed by atoms with van der Waals surface area (Å²) in [5.41, 5.74) is 6.39. The second-order valence-corrected chi connectivity index (χ2v) is 5.09. The molecule has 2 aromatic rings. The Kier molecular flexibility index (Phi) is 4.79. The van der Waals surface area contributed by atoms with Crippen LogP contribution in [0.25, 0.3) is 0 Å². The lowest BCUT2D eigenvalue weighted by Crippen LogP contribution is -2.15. The quantitative estimate of drug-likeness (QED) is 0.830. The summed E-state index contributed by atoms with van der Waals surface area (Å²) in [5.74, 6) is -0.465. The molecule has 102 valence electrons.